The Labute approximate surface area is 168 Å². The van der Waals surface area contributed by atoms with Crippen LogP contribution in [0, 0.1) is 16.0 Å². The predicted octanol–water partition coefficient (Wildman–Crippen LogP) is 3.04. The maximum Gasteiger partial charge on any atom is 0.406 e. The number of rotatable bonds is 7. The third-order valence-electron chi connectivity index (χ3n) is 4.40. The summed E-state index contributed by atoms with van der Waals surface area (Å²) in [6, 6.07) is 8.24. The van der Waals surface area contributed by atoms with Crippen LogP contribution < -0.4 is 19.5 Å². The van der Waals surface area contributed by atoms with Gasteiger partial charge in [-0.15, -0.1) is 0 Å². The topological polar surface area (TPSA) is 113 Å². The number of hydrogen-bond acceptors (Lipinski definition) is 7. The van der Waals surface area contributed by atoms with E-state index >= 15 is 0 Å². The van der Waals surface area contributed by atoms with E-state index in [2.05, 4.69) is 10.3 Å². The molecule has 29 heavy (non-hydrogen) atoms. The van der Waals surface area contributed by atoms with Crippen molar-refractivity contribution in [2.75, 3.05) is 19.8 Å². The minimum atomic E-state index is -0.651. The van der Waals surface area contributed by atoms with Crippen molar-refractivity contribution in [1.82, 2.24) is 10.3 Å². The van der Waals surface area contributed by atoms with E-state index in [0.717, 1.165) is 12.0 Å². The maximum absolute atomic E-state index is 12.4. The SMILES string of the molecule is CC(C)C(NC(=O)COc1cccnc1[N+](=O)[O-])c1ccc2c(c1)OCCCO2. The summed E-state index contributed by atoms with van der Waals surface area (Å²) in [5, 5.41) is 13.9. The first-order chi connectivity index (χ1) is 14.0. The molecule has 1 N–H and O–H groups in total. The number of ether oxygens (including phenoxy) is 3. The molecule has 0 saturated carbocycles. The summed E-state index contributed by atoms with van der Waals surface area (Å²) in [4.78, 5) is 26.5. The van der Waals surface area contributed by atoms with Gasteiger partial charge in [-0.25, -0.2) is 0 Å². The molecule has 1 aliphatic heterocycles. The van der Waals surface area contributed by atoms with Gasteiger partial charge in [-0.2, -0.15) is 0 Å². The van der Waals surface area contributed by atoms with Gasteiger partial charge in [0.25, 0.3) is 5.91 Å². The fraction of sp³-hybridized carbons (Fsp3) is 0.400. The number of nitrogens with zero attached hydrogens (tertiary/aromatic N) is 2. The number of carbonyl (C=O) groups excluding carboxylic acids is 1. The highest BCUT2D eigenvalue weighted by atomic mass is 16.6. The van der Waals surface area contributed by atoms with Gasteiger partial charge < -0.3 is 29.6 Å². The lowest BCUT2D eigenvalue weighted by Crippen LogP contribution is -2.35. The Balaban J connectivity index is 1.69. The standard InChI is InChI=1S/C20H23N3O6/c1-13(2)19(14-6-7-15-17(11-14)28-10-4-9-27-15)22-18(24)12-29-16-5-3-8-21-20(16)23(25)26/h3,5-8,11,13,19H,4,9-10,12H2,1-2H3,(H,22,24). The third-order valence-corrected chi connectivity index (χ3v) is 4.40. The summed E-state index contributed by atoms with van der Waals surface area (Å²) >= 11 is 0. The van der Waals surface area contributed by atoms with Crippen molar-refractivity contribution in [1.29, 1.82) is 0 Å². The first-order valence-corrected chi connectivity index (χ1v) is 9.37. The number of hydrogen-bond donors (Lipinski definition) is 1. The second-order valence-corrected chi connectivity index (χ2v) is 6.92. The summed E-state index contributed by atoms with van der Waals surface area (Å²) in [5.41, 5.74) is 0.880. The normalized spacial score (nSPS) is 14.0. The number of benzene rings is 1. The van der Waals surface area contributed by atoms with E-state index in [-0.39, 0.29) is 24.3 Å². The van der Waals surface area contributed by atoms with E-state index in [4.69, 9.17) is 14.2 Å². The van der Waals surface area contributed by atoms with Crippen LogP contribution in [0.1, 0.15) is 31.9 Å². The summed E-state index contributed by atoms with van der Waals surface area (Å²) in [6.45, 7) is 4.79. The van der Waals surface area contributed by atoms with Crippen LogP contribution in [0.4, 0.5) is 5.82 Å². The number of fused-ring (bicyclic) bond motifs is 1. The van der Waals surface area contributed by atoms with Crippen molar-refractivity contribution >= 4 is 11.7 Å². The lowest BCUT2D eigenvalue weighted by Gasteiger charge is -2.24. The Morgan fingerprint density at radius 1 is 1.28 bits per heavy atom. The molecule has 2 heterocycles. The molecular formula is C20H23N3O6. The highest BCUT2D eigenvalue weighted by Crippen LogP contribution is 2.34. The Morgan fingerprint density at radius 3 is 2.76 bits per heavy atom. The van der Waals surface area contributed by atoms with E-state index in [1.165, 1.54) is 18.3 Å². The molecule has 9 nitrogen and oxygen atoms in total. The van der Waals surface area contributed by atoms with Crippen molar-refractivity contribution in [2.45, 2.75) is 26.3 Å². The number of aromatic nitrogens is 1. The molecule has 0 fully saturated rings. The lowest BCUT2D eigenvalue weighted by molar-refractivity contribution is -0.390. The summed E-state index contributed by atoms with van der Waals surface area (Å²) in [6.07, 6.45) is 2.11. The second kappa shape index (κ2) is 9.22. The zero-order valence-electron chi connectivity index (χ0n) is 16.3. The monoisotopic (exact) mass is 401 g/mol. The molecular weight excluding hydrogens is 378 g/mol. The molecule has 0 spiro atoms. The second-order valence-electron chi connectivity index (χ2n) is 6.92. The van der Waals surface area contributed by atoms with Gasteiger partial charge in [0.2, 0.25) is 5.75 Å². The van der Waals surface area contributed by atoms with Crippen LogP contribution in [-0.2, 0) is 4.79 Å². The average Bonchev–Trinajstić information content (AvgIpc) is 2.95. The van der Waals surface area contributed by atoms with Gasteiger partial charge in [-0.1, -0.05) is 19.9 Å². The van der Waals surface area contributed by atoms with E-state index in [9.17, 15) is 14.9 Å². The molecule has 9 heteroatoms. The Morgan fingerprint density at radius 2 is 2.03 bits per heavy atom. The highest BCUT2D eigenvalue weighted by Gasteiger charge is 2.22. The van der Waals surface area contributed by atoms with Crippen molar-refractivity contribution in [3.63, 3.8) is 0 Å². The van der Waals surface area contributed by atoms with Crippen LogP contribution in [0.3, 0.4) is 0 Å². The average molecular weight is 401 g/mol. The minimum Gasteiger partial charge on any atom is -0.490 e. The van der Waals surface area contributed by atoms with Crippen molar-refractivity contribution < 1.29 is 23.9 Å². The summed E-state index contributed by atoms with van der Waals surface area (Å²) in [5.74, 6) is 0.563. The zero-order valence-corrected chi connectivity index (χ0v) is 16.3. The molecule has 0 radical (unpaired) electrons. The summed E-state index contributed by atoms with van der Waals surface area (Å²) < 4.78 is 16.7. The van der Waals surface area contributed by atoms with Crippen LogP contribution in [0.5, 0.6) is 17.2 Å². The van der Waals surface area contributed by atoms with Gasteiger partial charge in [-0.05, 0) is 45.7 Å². The molecule has 0 bridgehead atoms. The molecule has 1 amide bonds. The molecule has 1 aliphatic rings. The lowest BCUT2D eigenvalue weighted by atomic mass is 9.95. The van der Waals surface area contributed by atoms with Gasteiger partial charge in [0.1, 0.15) is 6.20 Å². The molecule has 1 aromatic carbocycles. The molecule has 2 aromatic rings. The summed E-state index contributed by atoms with van der Waals surface area (Å²) in [7, 11) is 0. The molecule has 0 aliphatic carbocycles. The fourth-order valence-corrected chi connectivity index (χ4v) is 3.00. The van der Waals surface area contributed by atoms with Crippen molar-refractivity contribution in [3.8, 4) is 17.2 Å². The largest absolute Gasteiger partial charge is 0.490 e. The van der Waals surface area contributed by atoms with E-state index in [1.54, 1.807) is 0 Å². The molecule has 154 valence electrons. The van der Waals surface area contributed by atoms with Gasteiger partial charge in [-0.3, -0.25) is 4.79 Å². The van der Waals surface area contributed by atoms with Crippen LogP contribution >= 0.6 is 0 Å². The molecule has 3 rings (SSSR count). The van der Waals surface area contributed by atoms with Crippen LogP contribution in [-0.4, -0.2) is 35.6 Å². The highest BCUT2D eigenvalue weighted by molar-refractivity contribution is 5.78. The minimum absolute atomic E-state index is 0.0515. The van der Waals surface area contributed by atoms with E-state index in [0.29, 0.717) is 24.7 Å². The Kier molecular flexibility index (Phi) is 6.48. The number of amides is 1. The van der Waals surface area contributed by atoms with Gasteiger partial charge in [0.15, 0.2) is 18.1 Å². The first kappa shape index (κ1) is 20.4. The quantitative estimate of drug-likeness (QED) is 0.560. The van der Waals surface area contributed by atoms with Gasteiger partial charge >= 0.3 is 5.82 Å². The number of carbonyl (C=O) groups is 1. The number of nitro groups is 1. The van der Waals surface area contributed by atoms with Crippen LogP contribution in [0.2, 0.25) is 0 Å². The molecule has 1 atom stereocenters. The Bertz CT molecular complexity index is 886. The first-order valence-electron chi connectivity index (χ1n) is 9.37. The van der Waals surface area contributed by atoms with Crippen LogP contribution in [0.25, 0.3) is 0 Å². The molecule has 1 aromatic heterocycles. The van der Waals surface area contributed by atoms with Crippen LogP contribution in [0.15, 0.2) is 36.5 Å². The smallest absolute Gasteiger partial charge is 0.406 e. The Hall–Kier alpha value is -3.36. The van der Waals surface area contributed by atoms with E-state index in [1.807, 2.05) is 32.0 Å². The maximum atomic E-state index is 12.4. The number of pyridine rings is 1. The third kappa shape index (κ3) is 5.13. The zero-order chi connectivity index (χ0) is 20.8. The fourth-order valence-electron chi connectivity index (χ4n) is 3.00. The van der Waals surface area contributed by atoms with Gasteiger partial charge in [0.05, 0.1) is 19.3 Å². The van der Waals surface area contributed by atoms with Crippen molar-refractivity contribution in [3.05, 3.63) is 52.2 Å². The molecule has 1 unspecified atom stereocenters. The van der Waals surface area contributed by atoms with Gasteiger partial charge in [0, 0.05) is 6.42 Å². The predicted molar refractivity (Wildman–Crippen MR) is 104 cm³/mol. The number of nitrogens with one attached hydrogen (secondary N) is 1. The molecule has 0 saturated heterocycles. The van der Waals surface area contributed by atoms with E-state index < -0.39 is 16.6 Å². The van der Waals surface area contributed by atoms with Crippen molar-refractivity contribution in [2.24, 2.45) is 5.92 Å².